The molecule has 0 aliphatic rings. The highest BCUT2D eigenvalue weighted by atomic mass is 16.7. The summed E-state index contributed by atoms with van der Waals surface area (Å²) >= 11 is 0. The highest BCUT2D eigenvalue weighted by Crippen LogP contribution is 2.18. The number of hydrogen-bond acceptors (Lipinski definition) is 4. The summed E-state index contributed by atoms with van der Waals surface area (Å²) in [6.45, 7) is 10.6. The van der Waals surface area contributed by atoms with Crippen LogP contribution in [0.5, 0.6) is 17.2 Å². The summed E-state index contributed by atoms with van der Waals surface area (Å²) in [5.74, 6) is 2.38. The minimum Gasteiger partial charge on any atom is -0.494 e. The summed E-state index contributed by atoms with van der Waals surface area (Å²) in [6.07, 6.45) is 5.59. The molecule has 144 valence electrons. The smallest absolute Gasteiger partial charge is 0.199 e. The van der Waals surface area contributed by atoms with Crippen molar-refractivity contribution in [1.29, 1.82) is 0 Å². The zero-order valence-corrected chi connectivity index (χ0v) is 15.9. The summed E-state index contributed by atoms with van der Waals surface area (Å²) in [5.41, 5.74) is 1.07. The van der Waals surface area contributed by atoms with Crippen molar-refractivity contribution in [3.63, 3.8) is 0 Å². The molecule has 0 bridgehead atoms. The van der Waals surface area contributed by atoms with Gasteiger partial charge >= 0.3 is 0 Å². The normalized spacial score (nSPS) is 11.4. The standard InChI is InChI=1S/C23H28O4/c1-4-19-9-11-22(12-10-19)27-23(5-2)26-18-8-7-17-25-21-15-13-20(14-16-21)24-6-3/h4,6,9-16,23H,1,3,5,7-8,17-18H2,2H3. The molecule has 0 aliphatic heterocycles. The zero-order chi connectivity index (χ0) is 19.3. The fraction of sp³-hybridized carbons (Fsp3) is 0.304. The van der Waals surface area contributed by atoms with E-state index in [2.05, 4.69) is 13.2 Å². The Morgan fingerprint density at radius 2 is 1.48 bits per heavy atom. The predicted octanol–water partition coefficient (Wildman–Crippen LogP) is 5.84. The van der Waals surface area contributed by atoms with Gasteiger partial charge in [0, 0.05) is 6.42 Å². The van der Waals surface area contributed by atoms with Crippen LogP contribution in [0.4, 0.5) is 0 Å². The number of benzene rings is 2. The maximum absolute atomic E-state index is 5.86. The van der Waals surface area contributed by atoms with Crippen LogP contribution < -0.4 is 14.2 Å². The molecular weight excluding hydrogens is 340 g/mol. The van der Waals surface area contributed by atoms with Gasteiger partial charge in [-0.25, -0.2) is 0 Å². The average Bonchev–Trinajstić information content (AvgIpc) is 2.71. The second-order valence-corrected chi connectivity index (χ2v) is 5.91. The summed E-state index contributed by atoms with van der Waals surface area (Å²) < 4.78 is 22.6. The molecule has 0 N–H and O–H groups in total. The molecule has 0 saturated carbocycles. The number of ether oxygens (including phenoxy) is 4. The fourth-order valence-electron chi connectivity index (χ4n) is 2.39. The van der Waals surface area contributed by atoms with Crippen LogP contribution in [0.1, 0.15) is 31.7 Å². The SMILES string of the molecule is C=COc1ccc(OCCCCOC(CC)Oc2ccc(C=C)cc2)cc1. The Labute approximate surface area is 162 Å². The zero-order valence-electron chi connectivity index (χ0n) is 15.9. The predicted molar refractivity (Wildman–Crippen MR) is 109 cm³/mol. The van der Waals surface area contributed by atoms with Crippen molar-refractivity contribution in [2.75, 3.05) is 13.2 Å². The molecule has 0 aromatic heterocycles. The van der Waals surface area contributed by atoms with Gasteiger partial charge in [-0.1, -0.05) is 38.3 Å². The van der Waals surface area contributed by atoms with Crippen LogP contribution in [-0.2, 0) is 4.74 Å². The van der Waals surface area contributed by atoms with Crippen LogP contribution in [0.3, 0.4) is 0 Å². The molecule has 1 unspecified atom stereocenters. The lowest BCUT2D eigenvalue weighted by molar-refractivity contribution is -0.0828. The van der Waals surface area contributed by atoms with Gasteiger partial charge in [0.25, 0.3) is 0 Å². The van der Waals surface area contributed by atoms with E-state index in [-0.39, 0.29) is 6.29 Å². The first-order chi connectivity index (χ1) is 13.2. The first-order valence-electron chi connectivity index (χ1n) is 9.26. The second kappa shape index (κ2) is 11.8. The minimum atomic E-state index is -0.238. The van der Waals surface area contributed by atoms with Gasteiger partial charge in [0.05, 0.1) is 19.5 Å². The van der Waals surface area contributed by atoms with Crippen molar-refractivity contribution in [2.45, 2.75) is 32.5 Å². The number of rotatable bonds is 13. The first kappa shape index (κ1) is 20.6. The Hall–Kier alpha value is -2.72. The summed E-state index contributed by atoms with van der Waals surface area (Å²) in [6, 6.07) is 15.3. The van der Waals surface area contributed by atoms with Crippen LogP contribution in [0.15, 0.2) is 68.0 Å². The summed E-state index contributed by atoms with van der Waals surface area (Å²) in [7, 11) is 0. The van der Waals surface area contributed by atoms with Gasteiger partial charge in [-0.15, -0.1) is 0 Å². The van der Waals surface area contributed by atoms with E-state index in [9.17, 15) is 0 Å². The highest BCUT2D eigenvalue weighted by molar-refractivity contribution is 5.48. The number of hydrogen-bond donors (Lipinski definition) is 0. The Morgan fingerprint density at radius 3 is 2.11 bits per heavy atom. The molecule has 27 heavy (non-hydrogen) atoms. The molecule has 2 rings (SSSR count). The van der Waals surface area contributed by atoms with Crippen LogP contribution >= 0.6 is 0 Å². The van der Waals surface area contributed by atoms with E-state index in [0.29, 0.717) is 13.2 Å². The van der Waals surface area contributed by atoms with E-state index in [1.165, 1.54) is 6.26 Å². The van der Waals surface area contributed by atoms with Crippen molar-refractivity contribution in [1.82, 2.24) is 0 Å². The lowest BCUT2D eigenvalue weighted by atomic mass is 10.2. The fourth-order valence-corrected chi connectivity index (χ4v) is 2.39. The van der Waals surface area contributed by atoms with Crippen molar-refractivity contribution in [2.24, 2.45) is 0 Å². The molecule has 0 radical (unpaired) electrons. The Balaban J connectivity index is 1.61. The van der Waals surface area contributed by atoms with Crippen molar-refractivity contribution < 1.29 is 18.9 Å². The molecular formula is C23H28O4. The van der Waals surface area contributed by atoms with E-state index in [0.717, 1.165) is 42.1 Å². The van der Waals surface area contributed by atoms with Crippen molar-refractivity contribution in [3.8, 4) is 17.2 Å². The molecule has 1 atom stereocenters. The van der Waals surface area contributed by atoms with Crippen LogP contribution in [0.25, 0.3) is 6.08 Å². The Morgan fingerprint density at radius 1 is 0.852 bits per heavy atom. The largest absolute Gasteiger partial charge is 0.494 e. The highest BCUT2D eigenvalue weighted by Gasteiger charge is 2.08. The molecule has 0 fully saturated rings. The van der Waals surface area contributed by atoms with Gasteiger partial charge in [0.2, 0.25) is 0 Å². The van der Waals surface area contributed by atoms with Gasteiger partial charge in [0.1, 0.15) is 17.2 Å². The molecule has 2 aromatic carbocycles. The van der Waals surface area contributed by atoms with E-state index in [4.69, 9.17) is 18.9 Å². The van der Waals surface area contributed by atoms with E-state index in [1.54, 1.807) is 0 Å². The second-order valence-electron chi connectivity index (χ2n) is 5.91. The molecule has 0 spiro atoms. The van der Waals surface area contributed by atoms with Crippen LogP contribution in [0, 0.1) is 0 Å². The average molecular weight is 368 g/mol. The molecule has 0 heterocycles. The maximum atomic E-state index is 5.86. The van der Waals surface area contributed by atoms with E-state index < -0.39 is 0 Å². The summed E-state index contributed by atoms with van der Waals surface area (Å²) in [4.78, 5) is 0. The maximum Gasteiger partial charge on any atom is 0.199 e. The third-order valence-electron chi connectivity index (χ3n) is 3.87. The van der Waals surface area contributed by atoms with Gasteiger partial charge in [0.15, 0.2) is 6.29 Å². The number of unbranched alkanes of at least 4 members (excludes halogenated alkanes) is 1. The topological polar surface area (TPSA) is 36.9 Å². The molecule has 4 nitrogen and oxygen atoms in total. The third kappa shape index (κ3) is 7.59. The van der Waals surface area contributed by atoms with Crippen LogP contribution in [0.2, 0.25) is 0 Å². The molecule has 0 saturated heterocycles. The quantitative estimate of drug-likeness (QED) is 0.253. The lowest BCUT2D eigenvalue weighted by Crippen LogP contribution is -2.20. The van der Waals surface area contributed by atoms with Crippen LogP contribution in [-0.4, -0.2) is 19.5 Å². The van der Waals surface area contributed by atoms with Crippen molar-refractivity contribution in [3.05, 3.63) is 73.5 Å². The van der Waals surface area contributed by atoms with E-state index >= 15 is 0 Å². The van der Waals surface area contributed by atoms with Gasteiger partial charge in [-0.3, -0.25) is 0 Å². The van der Waals surface area contributed by atoms with Crippen molar-refractivity contribution >= 4 is 6.08 Å². The first-order valence-corrected chi connectivity index (χ1v) is 9.26. The monoisotopic (exact) mass is 368 g/mol. The van der Waals surface area contributed by atoms with Gasteiger partial charge < -0.3 is 18.9 Å². The molecule has 4 heteroatoms. The van der Waals surface area contributed by atoms with E-state index in [1.807, 2.05) is 61.5 Å². The minimum absolute atomic E-state index is 0.238. The molecule has 0 aliphatic carbocycles. The molecule has 2 aromatic rings. The van der Waals surface area contributed by atoms with Gasteiger partial charge in [-0.05, 0) is 54.8 Å². The Kier molecular flexibility index (Phi) is 9.01. The molecule has 0 amide bonds. The van der Waals surface area contributed by atoms with Gasteiger partial charge in [-0.2, -0.15) is 0 Å². The Bertz CT molecular complexity index is 677. The lowest BCUT2D eigenvalue weighted by Gasteiger charge is -2.18. The summed E-state index contributed by atoms with van der Waals surface area (Å²) in [5, 5.41) is 0. The third-order valence-corrected chi connectivity index (χ3v) is 3.87.